The maximum absolute atomic E-state index is 11.5. The molecule has 0 saturated heterocycles. The lowest BCUT2D eigenvalue weighted by Gasteiger charge is -2.24. The van der Waals surface area contributed by atoms with Gasteiger partial charge in [-0.3, -0.25) is 4.79 Å². The van der Waals surface area contributed by atoms with Crippen molar-refractivity contribution < 1.29 is 4.79 Å². The second-order valence-corrected chi connectivity index (χ2v) is 5.79. The summed E-state index contributed by atoms with van der Waals surface area (Å²) in [5.74, 6) is 1.12. The molecule has 2 aliphatic rings. The first-order valence-electron chi connectivity index (χ1n) is 7.59. The number of rotatable bonds is 0. The summed E-state index contributed by atoms with van der Waals surface area (Å²) in [6, 6.07) is 0. The molecular formula is C16H26O. The van der Waals surface area contributed by atoms with Crippen molar-refractivity contribution in [1.82, 2.24) is 0 Å². The van der Waals surface area contributed by atoms with Gasteiger partial charge in [0.25, 0.3) is 0 Å². The van der Waals surface area contributed by atoms with E-state index in [1.165, 1.54) is 69.8 Å². The monoisotopic (exact) mass is 234 g/mol. The molecule has 0 heterocycles. The average molecular weight is 234 g/mol. The predicted octanol–water partition coefficient (Wildman–Crippen LogP) is 4.81. The Hall–Kier alpha value is -0.590. The van der Waals surface area contributed by atoms with Gasteiger partial charge in [-0.15, -0.1) is 0 Å². The van der Waals surface area contributed by atoms with E-state index in [4.69, 9.17) is 0 Å². The van der Waals surface area contributed by atoms with Crippen LogP contribution in [0.2, 0.25) is 0 Å². The minimum absolute atomic E-state index is 0.378. The number of hydrogen-bond acceptors (Lipinski definition) is 1. The number of fused-ring (bicyclic) bond motifs is 1. The fourth-order valence-electron chi connectivity index (χ4n) is 3.29. The highest BCUT2D eigenvalue weighted by Crippen LogP contribution is 2.32. The Bertz CT molecular complexity index is 277. The normalized spacial score (nSPS) is 28.6. The van der Waals surface area contributed by atoms with Crippen LogP contribution < -0.4 is 0 Å². The van der Waals surface area contributed by atoms with Crippen molar-refractivity contribution in [3.8, 4) is 0 Å². The molecule has 1 nitrogen and oxygen atoms in total. The molecule has 1 heteroatoms. The van der Waals surface area contributed by atoms with Gasteiger partial charge in [-0.2, -0.15) is 0 Å². The van der Waals surface area contributed by atoms with Gasteiger partial charge in [0, 0.05) is 6.42 Å². The third kappa shape index (κ3) is 4.29. The van der Waals surface area contributed by atoms with Crippen LogP contribution in [-0.4, -0.2) is 5.78 Å². The summed E-state index contributed by atoms with van der Waals surface area (Å²) >= 11 is 0. The molecule has 0 aliphatic heterocycles. The molecule has 96 valence electrons. The fraction of sp³-hybridized carbons (Fsp3) is 0.812. The first-order valence-corrected chi connectivity index (χ1v) is 7.59. The van der Waals surface area contributed by atoms with Crippen LogP contribution in [0.5, 0.6) is 0 Å². The second kappa shape index (κ2) is 6.98. The van der Waals surface area contributed by atoms with Crippen LogP contribution in [0.25, 0.3) is 0 Å². The van der Waals surface area contributed by atoms with Gasteiger partial charge in [0.15, 0.2) is 5.78 Å². The zero-order chi connectivity index (χ0) is 11.9. The molecule has 17 heavy (non-hydrogen) atoms. The Morgan fingerprint density at radius 3 is 2.18 bits per heavy atom. The molecule has 0 spiro atoms. The van der Waals surface area contributed by atoms with Crippen LogP contribution in [0.15, 0.2) is 11.6 Å². The SMILES string of the molecule is O=C1C=C2CCCCCCCCCCC2CC1. The lowest BCUT2D eigenvalue weighted by Crippen LogP contribution is -2.14. The van der Waals surface area contributed by atoms with Gasteiger partial charge in [-0.1, -0.05) is 50.5 Å². The molecule has 1 saturated carbocycles. The van der Waals surface area contributed by atoms with Crippen LogP contribution in [0, 0.1) is 5.92 Å². The van der Waals surface area contributed by atoms with Gasteiger partial charge in [0.1, 0.15) is 0 Å². The van der Waals surface area contributed by atoms with E-state index >= 15 is 0 Å². The van der Waals surface area contributed by atoms with E-state index in [2.05, 4.69) is 0 Å². The van der Waals surface area contributed by atoms with E-state index < -0.39 is 0 Å². The number of ketones is 1. The largest absolute Gasteiger partial charge is 0.295 e. The fourth-order valence-corrected chi connectivity index (χ4v) is 3.29. The molecule has 1 unspecified atom stereocenters. The van der Waals surface area contributed by atoms with Crippen molar-refractivity contribution >= 4 is 5.78 Å². The van der Waals surface area contributed by atoms with Gasteiger partial charge in [-0.05, 0) is 37.7 Å². The van der Waals surface area contributed by atoms with Gasteiger partial charge < -0.3 is 0 Å². The van der Waals surface area contributed by atoms with E-state index in [1.807, 2.05) is 6.08 Å². The summed E-state index contributed by atoms with van der Waals surface area (Å²) in [5.41, 5.74) is 1.49. The van der Waals surface area contributed by atoms with Crippen molar-refractivity contribution in [2.24, 2.45) is 5.92 Å². The van der Waals surface area contributed by atoms with Crippen LogP contribution in [-0.2, 0) is 4.79 Å². The Morgan fingerprint density at radius 1 is 0.765 bits per heavy atom. The molecular weight excluding hydrogens is 208 g/mol. The summed E-state index contributed by atoms with van der Waals surface area (Å²) in [5, 5.41) is 0. The quantitative estimate of drug-likeness (QED) is 0.588. The summed E-state index contributed by atoms with van der Waals surface area (Å²) in [7, 11) is 0. The Morgan fingerprint density at radius 2 is 1.41 bits per heavy atom. The lowest BCUT2D eigenvalue weighted by atomic mass is 9.81. The molecule has 0 amide bonds. The Labute approximate surface area is 106 Å². The van der Waals surface area contributed by atoms with E-state index in [9.17, 15) is 4.79 Å². The molecule has 1 atom stereocenters. The smallest absolute Gasteiger partial charge is 0.155 e. The highest BCUT2D eigenvalue weighted by molar-refractivity contribution is 5.91. The van der Waals surface area contributed by atoms with E-state index in [0.29, 0.717) is 5.78 Å². The first kappa shape index (κ1) is 12.9. The lowest BCUT2D eigenvalue weighted by molar-refractivity contribution is -0.115. The maximum Gasteiger partial charge on any atom is 0.155 e. The molecule has 1 fully saturated rings. The topological polar surface area (TPSA) is 17.1 Å². The van der Waals surface area contributed by atoms with Gasteiger partial charge in [0.2, 0.25) is 0 Å². The standard InChI is InChI=1S/C16H26O/c17-16-12-11-14-9-7-5-3-1-2-4-6-8-10-15(14)13-16/h13-14H,1-12H2. The van der Waals surface area contributed by atoms with Gasteiger partial charge in [0.05, 0.1) is 0 Å². The minimum Gasteiger partial charge on any atom is -0.295 e. The number of allylic oxidation sites excluding steroid dienone is 2. The maximum atomic E-state index is 11.5. The Balaban J connectivity index is 1.93. The first-order chi connectivity index (χ1) is 8.36. The Kier molecular flexibility index (Phi) is 5.28. The molecule has 0 N–H and O–H groups in total. The summed E-state index contributed by atoms with van der Waals surface area (Å²) < 4.78 is 0. The van der Waals surface area contributed by atoms with Gasteiger partial charge >= 0.3 is 0 Å². The van der Waals surface area contributed by atoms with Crippen molar-refractivity contribution in [1.29, 1.82) is 0 Å². The van der Waals surface area contributed by atoms with Gasteiger partial charge in [-0.25, -0.2) is 0 Å². The minimum atomic E-state index is 0.378. The summed E-state index contributed by atoms with van der Waals surface area (Å²) in [6.07, 6.45) is 17.5. The zero-order valence-electron chi connectivity index (χ0n) is 11.0. The average Bonchev–Trinajstić information content (AvgIpc) is 2.31. The molecule has 2 aliphatic carbocycles. The van der Waals surface area contributed by atoms with Crippen molar-refractivity contribution in [2.45, 2.75) is 77.0 Å². The van der Waals surface area contributed by atoms with Crippen LogP contribution in [0.1, 0.15) is 77.0 Å². The molecule has 0 aromatic rings. The van der Waals surface area contributed by atoms with Crippen molar-refractivity contribution in [3.63, 3.8) is 0 Å². The molecule has 0 aromatic carbocycles. The second-order valence-electron chi connectivity index (χ2n) is 5.79. The molecule has 0 aromatic heterocycles. The van der Waals surface area contributed by atoms with E-state index in [0.717, 1.165) is 18.8 Å². The number of carbonyl (C=O) groups is 1. The van der Waals surface area contributed by atoms with E-state index in [-0.39, 0.29) is 0 Å². The van der Waals surface area contributed by atoms with E-state index in [1.54, 1.807) is 0 Å². The number of hydrogen-bond donors (Lipinski definition) is 0. The van der Waals surface area contributed by atoms with Crippen LogP contribution >= 0.6 is 0 Å². The van der Waals surface area contributed by atoms with Crippen molar-refractivity contribution in [2.75, 3.05) is 0 Å². The zero-order valence-corrected chi connectivity index (χ0v) is 11.0. The highest BCUT2D eigenvalue weighted by Gasteiger charge is 2.20. The molecule has 2 rings (SSSR count). The van der Waals surface area contributed by atoms with Crippen LogP contribution in [0.3, 0.4) is 0 Å². The summed E-state index contributed by atoms with van der Waals surface area (Å²) in [6.45, 7) is 0. The third-order valence-corrected chi connectivity index (χ3v) is 4.38. The number of carbonyl (C=O) groups excluding carboxylic acids is 1. The predicted molar refractivity (Wildman–Crippen MR) is 72.0 cm³/mol. The third-order valence-electron chi connectivity index (χ3n) is 4.38. The molecule has 0 radical (unpaired) electrons. The highest BCUT2D eigenvalue weighted by atomic mass is 16.1. The summed E-state index contributed by atoms with van der Waals surface area (Å²) in [4.78, 5) is 11.5. The van der Waals surface area contributed by atoms with Crippen LogP contribution in [0.4, 0.5) is 0 Å². The molecule has 0 bridgehead atoms. The van der Waals surface area contributed by atoms with Crippen molar-refractivity contribution in [3.05, 3.63) is 11.6 Å².